The van der Waals surface area contributed by atoms with E-state index in [9.17, 15) is 9.59 Å². The third-order valence-corrected chi connectivity index (χ3v) is 5.48. The van der Waals surface area contributed by atoms with E-state index in [0.29, 0.717) is 12.0 Å². The van der Waals surface area contributed by atoms with Crippen molar-refractivity contribution in [3.05, 3.63) is 0 Å². The molecule has 23 heavy (non-hydrogen) atoms. The number of nitrogens with one attached hydrogen (secondary N) is 1. The molecule has 0 aromatic carbocycles. The highest BCUT2D eigenvalue weighted by molar-refractivity contribution is 5.79. The van der Waals surface area contributed by atoms with Crippen molar-refractivity contribution in [1.82, 2.24) is 10.2 Å². The molecule has 2 unspecified atom stereocenters. The smallest absolute Gasteiger partial charge is 0.317 e. The van der Waals surface area contributed by atoms with Crippen molar-refractivity contribution in [2.24, 2.45) is 17.3 Å². The van der Waals surface area contributed by atoms with Gasteiger partial charge >= 0.3 is 5.97 Å². The van der Waals surface area contributed by atoms with Gasteiger partial charge in [0.05, 0.1) is 6.54 Å². The monoisotopic (exact) mass is 324 g/mol. The van der Waals surface area contributed by atoms with E-state index < -0.39 is 5.97 Å². The van der Waals surface area contributed by atoms with E-state index in [4.69, 9.17) is 5.11 Å². The minimum atomic E-state index is -0.780. The fraction of sp³-hybridized carbons (Fsp3) is 0.889. The molecule has 2 fully saturated rings. The first kappa shape index (κ1) is 18.2. The second-order valence-electron chi connectivity index (χ2n) is 8.40. The summed E-state index contributed by atoms with van der Waals surface area (Å²) in [5.74, 6) is 0.163. The van der Waals surface area contributed by atoms with Crippen LogP contribution in [0.25, 0.3) is 0 Å². The van der Waals surface area contributed by atoms with Crippen LogP contribution in [-0.2, 0) is 9.59 Å². The van der Waals surface area contributed by atoms with Gasteiger partial charge in [-0.05, 0) is 50.0 Å². The second-order valence-corrected chi connectivity index (χ2v) is 8.40. The average molecular weight is 324 g/mol. The number of carbonyl (C=O) groups is 2. The summed E-state index contributed by atoms with van der Waals surface area (Å²) in [6, 6.07) is 0.513. The Kier molecular flexibility index (Phi) is 5.71. The highest BCUT2D eigenvalue weighted by Crippen LogP contribution is 2.42. The Morgan fingerprint density at radius 1 is 1.22 bits per heavy atom. The first-order valence-corrected chi connectivity index (χ1v) is 8.96. The van der Waals surface area contributed by atoms with E-state index in [1.165, 1.54) is 6.42 Å². The number of carbonyl (C=O) groups excluding carboxylic acids is 1. The van der Waals surface area contributed by atoms with Gasteiger partial charge in [-0.1, -0.05) is 27.7 Å². The maximum Gasteiger partial charge on any atom is 0.317 e. The summed E-state index contributed by atoms with van der Waals surface area (Å²) < 4.78 is 0. The number of carboxylic acid groups (broad SMARTS) is 1. The molecule has 2 rings (SSSR count). The second kappa shape index (κ2) is 7.20. The van der Waals surface area contributed by atoms with Crippen LogP contribution in [0.15, 0.2) is 0 Å². The molecule has 5 nitrogen and oxygen atoms in total. The predicted octanol–water partition coefficient (Wildman–Crippen LogP) is 2.50. The van der Waals surface area contributed by atoms with Crippen LogP contribution in [0.1, 0.15) is 59.8 Å². The van der Waals surface area contributed by atoms with Crippen molar-refractivity contribution in [2.45, 2.75) is 71.9 Å². The fourth-order valence-corrected chi connectivity index (χ4v) is 4.54. The van der Waals surface area contributed by atoms with E-state index in [-0.39, 0.29) is 29.8 Å². The van der Waals surface area contributed by atoms with E-state index in [2.05, 4.69) is 26.1 Å². The summed E-state index contributed by atoms with van der Waals surface area (Å²) in [5.41, 5.74) is 0.252. The quantitative estimate of drug-likeness (QED) is 0.787. The van der Waals surface area contributed by atoms with Gasteiger partial charge in [-0.2, -0.15) is 0 Å². The summed E-state index contributed by atoms with van der Waals surface area (Å²) >= 11 is 0. The summed E-state index contributed by atoms with van der Waals surface area (Å²) in [4.78, 5) is 25.4. The number of hydrogen-bond acceptors (Lipinski definition) is 3. The Balaban J connectivity index is 1.78. The van der Waals surface area contributed by atoms with Gasteiger partial charge in [-0.15, -0.1) is 0 Å². The number of amides is 1. The van der Waals surface area contributed by atoms with Gasteiger partial charge in [-0.25, -0.2) is 0 Å². The summed E-state index contributed by atoms with van der Waals surface area (Å²) in [5, 5.41) is 12.1. The lowest BCUT2D eigenvalue weighted by molar-refractivity contribution is -0.140. The molecule has 0 bridgehead atoms. The third kappa shape index (κ3) is 4.93. The van der Waals surface area contributed by atoms with Crippen LogP contribution in [0.5, 0.6) is 0 Å². The van der Waals surface area contributed by atoms with E-state index in [1.807, 2.05) is 11.8 Å². The standard InChI is InChI=1S/C18H32N2O3/c1-5-20(11-16(21)22)15-7-14(8-15)19-17(23)13-6-12(2)9-18(3,4)10-13/h12-15H,5-11H2,1-4H3,(H,19,23)(H,21,22). The molecule has 2 atom stereocenters. The number of likely N-dealkylation sites (N-methyl/N-ethyl adjacent to an activating group) is 1. The van der Waals surface area contributed by atoms with Crippen LogP contribution < -0.4 is 5.32 Å². The van der Waals surface area contributed by atoms with Crippen LogP contribution in [0.4, 0.5) is 0 Å². The minimum absolute atomic E-state index is 0.0934. The normalized spacial score (nSPS) is 33.1. The molecule has 1 amide bonds. The Bertz CT molecular complexity index is 444. The Hall–Kier alpha value is -1.10. The van der Waals surface area contributed by atoms with Crippen molar-refractivity contribution in [2.75, 3.05) is 13.1 Å². The Labute approximate surface area is 139 Å². The lowest BCUT2D eigenvalue weighted by Gasteiger charge is -2.44. The summed E-state index contributed by atoms with van der Waals surface area (Å²) in [6.45, 7) is 9.58. The molecule has 2 aliphatic rings. The summed E-state index contributed by atoms with van der Waals surface area (Å²) in [7, 11) is 0. The Morgan fingerprint density at radius 3 is 2.39 bits per heavy atom. The van der Waals surface area contributed by atoms with Gasteiger partial charge in [0.25, 0.3) is 0 Å². The molecule has 2 saturated carbocycles. The van der Waals surface area contributed by atoms with Crippen LogP contribution in [-0.4, -0.2) is 47.1 Å². The van der Waals surface area contributed by atoms with Crippen molar-refractivity contribution in [3.8, 4) is 0 Å². The molecule has 0 heterocycles. The number of aliphatic carboxylic acids is 1. The zero-order chi connectivity index (χ0) is 17.2. The van der Waals surface area contributed by atoms with Crippen LogP contribution in [0.2, 0.25) is 0 Å². The zero-order valence-corrected chi connectivity index (χ0v) is 15.0. The Morgan fingerprint density at radius 2 is 1.87 bits per heavy atom. The number of nitrogens with zero attached hydrogens (tertiary/aromatic N) is 1. The average Bonchev–Trinajstić information content (AvgIpc) is 2.37. The lowest BCUT2D eigenvalue weighted by Crippen LogP contribution is -2.56. The molecule has 132 valence electrons. The topological polar surface area (TPSA) is 69.6 Å². The SMILES string of the molecule is CCN(CC(=O)O)C1CC(NC(=O)C2CC(C)CC(C)(C)C2)C1. The highest BCUT2D eigenvalue weighted by atomic mass is 16.4. The maximum atomic E-state index is 12.5. The minimum Gasteiger partial charge on any atom is -0.480 e. The molecule has 0 aromatic rings. The molecule has 0 spiro atoms. The molecule has 2 N–H and O–H groups in total. The zero-order valence-electron chi connectivity index (χ0n) is 15.0. The van der Waals surface area contributed by atoms with Crippen molar-refractivity contribution >= 4 is 11.9 Å². The third-order valence-electron chi connectivity index (χ3n) is 5.48. The molecule has 0 radical (unpaired) electrons. The molecule has 0 aliphatic heterocycles. The van der Waals surface area contributed by atoms with Crippen LogP contribution in [0, 0.1) is 17.3 Å². The molecule has 0 saturated heterocycles. The molecule has 2 aliphatic carbocycles. The first-order chi connectivity index (χ1) is 10.7. The van der Waals surface area contributed by atoms with E-state index >= 15 is 0 Å². The molecular formula is C18H32N2O3. The van der Waals surface area contributed by atoms with Gasteiger partial charge < -0.3 is 10.4 Å². The van der Waals surface area contributed by atoms with Crippen molar-refractivity contribution in [3.63, 3.8) is 0 Å². The van der Waals surface area contributed by atoms with Gasteiger partial charge in [0.15, 0.2) is 0 Å². The maximum absolute atomic E-state index is 12.5. The largest absolute Gasteiger partial charge is 0.480 e. The summed E-state index contributed by atoms with van der Waals surface area (Å²) in [6.07, 6.45) is 4.91. The van der Waals surface area contributed by atoms with Crippen molar-refractivity contribution in [1.29, 1.82) is 0 Å². The van der Waals surface area contributed by atoms with Crippen molar-refractivity contribution < 1.29 is 14.7 Å². The molecular weight excluding hydrogens is 292 g/mol. The number of carboxylic acids is 1. The van der Waals surface area contributed by atoms with Gasteiger partial charge in [0, 0.05) is 18.0 Å². The fourth-order valence-electron chi connectivity index (χ4n) is 4.54. The van der Waals surface area contributed by atoms with Crippen LogP contribution in [0.3, 0.4) is 0 Å². The highest BCUT2D eigenvalue weighted by Gasteiger charge is 2.39. The molecule has 5 heteroatoms. The number of rotatable bonds is 6. The van der Waals surface area contributed by atoms with E-state index in [1.54, 1.807) is 0 Å². The first-order valence-electron chi connectivity index (χ1n) is 8.96. The molecule has 0 aromatic heterocycles. The predicted molar refractivity (Wildman–Crippen MR) is 90.1 cm³/mol. The van der Waals surface area contributed by atoms with E-state index in [0.717, 1.165) is 32.2 Å². The van der Waals surface area contributed by atoms with Gasteiger partial charge in [0.1, 0.15) is 0 Å². The van der Waals surface area contributed by atoms with Crippen LogP contribution >= 0.6 is 0 Å². The van der Waals surface area contributed by atoms with Gasteiger partial charge in [0.2, 0.25) is 5.91 Å². The van der Waals surface area contributed by atoms with Gasteiger partial charge in [-0.3, -0.25) is 14.5 Å². The lowest BCUT2D eigenvalue weighted by atomic mass is 9.67. The number of hydrogen-bond donors (Lipinski definition) is 2.